The van der Waals surface area contributed by atoms with Crippen LogP contribution in [0.3, 0.4) is 0 Å². The van der Waals surface area contributed by atoms with E-state index in [-0.39, 0.29) is 0 Å². The molecule has 1 aliphatic rings. The Hall–Kier alpha value is -4.06. The van der Waals surface area contributed by atoms with Crippen molar-refractivity contribution in [3.63, 3.8) is 0 Å². The number of benzene rings is 4. The maximum atomic E-state index is 13.0. The number of esters is 2. The summed E-state index contributed by atoms with van der Waals surface area (Å²) < 4.78 is 22.3. The molecule has 6 heteroatoms. The van der Waals surface area contributed by atoms with Gasteiger partial charge in [0.15, 0.2) is 0 Å². The molecule has 0 aromatic heterocycles. The number of carbonyl (C=O) groups is 2. The summed E-state index contributed by atoms with van der Waals surface area (Å²) in [7, 11) is 3.25. The van der Waals surface area contributed by atoms with Crippen LogP contribution in [0.15, 0.2) is 72.8 Å². The largest absolute Gasteiger partial charge is 0.497 e. The summed E-state index contributed by atoms with van der Waals surface area (Å²) in [6.45, 7) is 0. The van der Waals surface area contributed by atoms with Crippen molar-refractivity contribution in [3.05, 3.63) is 83.9 Å². The molecule has 4 aromatic carbocycles. The van der Waals surface area contributed by atoms with Crippen LogP contribution in [0.25, 0.3) is 21.5 Å². The molecule has 2 atom stereocenters. The lowest BCUT2D eigenvalue weighted by molar-refractivity contribution is -0.0514. The van der Waals surface area contributed by atoms with Crippen LogP contribution in [-0.4, -0.2) is 38.4 Å². The summed E-state index contributed by atoms with van der Waals surface area (Å²) in [5, 5.41) is 3.80. The highest BCUT2D eigenvalue weighted by Gasteiger charge is 2.32. The predicted octanol–water partition coefficient (Wildman–Crippen LogP) is 6.34. The molecular formula is C30H28O6. The maximum Gasteiger partial charge on any atom is 0.338 e. The molecular weight excluding hydrogens is 456 g/mol. The lowest BCUT2D eigenvalue weighted by Crippen LogP contribution is -2.37. The minimum atomic E-state index is -0.480. The van der Waals surface area contributed by atoms with Crippen molar-refractivity contribution in [2.75, 3.05) is 14.2 Å². The van der Waals surface area contributed by atoms with Gasteiger partial charge in [0, 0.05) is 0 Å². The molecule has 36 heavy (non-hydrogen) atoms. The summed E-state index contributed by atoms with van der Waals surface area (Å²) in [5.74, 6) is 0.687. The molecule has 1 saturated carbocycles. The molecule has 4 aromatic rings. The second kappa shape index (κ2) is 10.3. The summed E-state index contributed by atoms with van der Waals surface area (Å²) in [6, 6.07) is 22.3. The van der Waals surface area contributed by atoms with E-state index in [1.54, 1.807) is 26.4 Å². The van der Waals surface area contributed by atoms with Crippen LogP contribution in [0, 0.1) is 0 Å². The van der Waals surface area contributed by atoms with E-state index in [0.717, 1.165) is 45.9 Å². The summed E-state index contributed by atoms with van der Waals surface area (Å²) in [4.78, 5) is 26.0. The fourth-order valence-corrected chi connectivity index (χ4v) is 4.70. The first-order valence-electron chi connectivity index (χ1n) is 12.1. The van der Waals surface area contributed by atoms with Crippen LogP contribution >= 0.6 is 0 Å². The zero-order valence-corrected chi connectivity index (χ0v) is 20.4. The van der Waals surface area contributed by atoms with Gasteiger partial charge in [0.05, 0.1) is 25.3 Å². The lowest BCUT2D eigenvalue weighted by atomic mass is 9.94. The first kappa shape index (κ1) is 23.7. The quantitative estimate of drug-likeness (QED) is 0.298. The Kier molecular flexibility index (Phi) is 6.76. The fourth-order valence-electron chi connectivity index (χ4n) is 4.70. The van der Waals surface area contributed by atoms with Gasteiger partial charge in [-0.25, -0.2) is 9.59 Å². The van der Waals surface area contributed by atoms with E-state index in [4.69, 9.17) is 18.9 Å². The van der Waals surface area contributed by atoms with Gasteiger partial charge in [0.2, 0.25) is 0 Å². The van der Waals surface area contributed by atoms with Crippen LogP contribution in [0.5, 0.6) is 11.5 Å². The molecule has 0 aliphatic heterocycles. The van der Waals surface area contributed by atoms with Gasteiger partial charge >= 0.3 is 11.9 Å². The topological polar surface area (TPSA) is 71.1 Å². The first-order valence-corrected chi connectivity index (χ1v) is 12.1. The van der Waals surface area contributed by atoms with Crippen LogP contribution in [0.4, 0.5) is 0 Å². The molecule has 0 radical (unpaired) electrons. The number of hydrogen-bond acceptors (Lipinski definition) is 6. The van der Waals surface area contributed by atoms with Gasteiger partial charge in [0.25, 0.3) is 0 Å². The third-order valence-corrected chi connectivity index (χ3v) is 6.73. The zero-order chi connectivity index (χ0) is 25.1. The predicted molar refractivity (Wildman–Crippen MR) is 138 cm³/mol. The van der Waals surface area contributed by atoms with Crippen LogP contribution in [0.2, 0.25) is 0 Å². The third-order valence-electron chi connectivity index (χ3n) is 6.73. The molecule has 0 amide bonds. The Balaban J connectivity index is 1.29. The molecule has 0 spiro atoms. The van der Waals surface area contributed by atoms with Gasteiger partial charge in [-0.15, -0.1) is 0 Å². The molecule has 184 valence electrons. The van der Waals surface area contributed by atoms with Crippen LogP contribution in [-0.2, 0) is 9.47 Å². The van der Waals surface area contributed by atoms with Crippen molar-refractivity contribution in [1.82, 2.24) is 0 Å². The third kappa shape index (κ3) is 4.98. The van der Waals surface area contributed by atoms with Gasteiger partial charge < -0.3 is 18.9 Å². The van der Waals surface area contributed by atoms with Crippen molar-refractivity contribution < 1.29 is 28.5 Å². The fraction of sp³-hybridized carbons (Fsp3) is 0.267. The maximum absolute atomic E-state index is 13.0. The number of fused-ring (bicyclic) bond motifs is 2. The monoisotopic (exact) mass is 484 g/mol. The minimum absolute atomic E-state index is 0.416. The molecule has 0 saturated heterocycles. The summed E-state index contributed by atoms with van der Waals surface area (Å²) in [6.07, 6.45) is 2.19. The molecule has 5 rings (SSSR count). The number of methoxy groups -OCH3 is 2. The Morgan fingerprint density at radius 1 is 0.583 bits per heavy atom. The summed E-state index contributed by atoms with van der Waals surface area (Å²) >= 11 is 0. The molecule has 1 fully saturated rings. The van der Waals surface area contributed by atoms with Crippen LogP contribution < -0.4 is 9.47 Å². The van der Waals surface area contributed by atoms with Crippen molar-refractivity contribution in [2.24, 2.45) is 0 Å². The zero-order valence-electron chi connectivity index (χ0n) is 20.4. The normalized spacial score (nSPS) is 17.5. The number of carbonyl (C=O) groups excluding carboxylic acids is 2. The molecule has 1 aliphatic carbocycles. The van der Waals surface area contributed by atoms with E-state index in [1.807, 2.05) is 60.7 Å². The second-order valence-corrected chi connectivity index (χ2v) is 9.03. The molecule has 6 nitrogen and oxygen atoms in total. The first-order chi connectivity index (χ1) is 17.5. The standard InChI is InChI=1S/C30H28O6/c1-33-25-13-11-19-15-23(9-7-21(19)17-25)29(31)35-27-5-3-4-6-28(27)36-30(32)24-10-8-22-18-26(34-2)14-12-20(22)16-24/h7-18,27-28H,3-6H2,1-2H3/t27-,28-/m0/s1. The summed E-state index contributed by atoms with van der Waals surface area (Å²) in [5.41, 5.74) is 0.932. The van der Waals surface area contributed by atoms with E-state index < -0.39 is 24.1 Å². The van der Waals surface area contributed by atoms with Gasteiger partial charge in [-0.05, 0) is 95.8 Å². The van der Waals surface area contributed by atoms with Crippen LogP contribution in [0.1, 0.15) is 46.4 Å². The molecule has 0 unspecified atom stereocenters. The average molecular weight is 485 g/mol. The average Bonchev–Trinajstić information content (AvgIpc) is 2.92. The van der Waals surface area contributed by atoms with Gasteiger partial charge in [-0.2, -0.15) is 0 Å². The van der Waals surface area contributed by atoms with Gasteiger partial charge in [-0.1, -0.05) is 24.3 Å². The Morgan fingerprint density at radius 3 is 1.39 bits per heavy atom. The highest BCUT2D eigenvalue weighted by Crippen LogP contribution is 2.28. The van der Waals surface area contributed by atoms with Crippen molar-refractivity contribution >= 4 is 33.5 Å². The molecule has 0 N–H and O–H groups in total. The van der Waals surface area contributed by atoms with Crippen molar-refractivity contribution in [3.8, 4) is 11.5 Å². The highest BCUT2D eigenvalue weighted by atomic mass is 16.6. The molecule has 0 bridgehead atoms. The minimum Gasteiger partial charge on any atom is -0.497 e. The van der Waals surface area contributed by atoms with E-state index in [1.165, 1.54) is 0 Å². The van der Waals surface area contributed by atoms with E-state index in [2.05, 4.69) is 0 Å². The van der Waals surface area contributed by atoms with Gasteiger partial charge in [-0.3, -0.25) is 0 Å². The Morgan fingerprint density at radius 2 is 0.972 bits per heavy atom. The second-order valence-electron chi connectivity index (χ2n) is 9.03. The van der Waals surface area contributed by atoms with Gasteiger partial charge in [0.1, 0.15) is 23.7 Å². The Bertz CT molecular complexity index is 1320. The van der Waals surface area contributed by atoms with E-state index in [9.17, 15) is 9.59 Å². The lowest BCUT2D eigenvalue weighted by Gasteiger charge is -2.30. The Labute approximate surface area is 209 Å². The van der Waals surface area contributed by atoms with E-state index in [0.29, 0.717) is 24.0 Å². The SMILES string of the molecule is COc1ccc2cc(C(=O)O[C@H]3CCCC[C@@H]3OC(=O)c3ccc4cc(OC)ccc4c3)ccc2c1. The molecule has 0 heterocycles. The number of hydrogen-bond donors (Lipinski definition) is 0. The highest BCUT2D eigenvalue weighted by molar-refractivity contribution is 5.97. The number of ether oxygens (including phenoxy) is 4. The van der Waals surface area contributed by atoms with Crippen molar-refractivity contribution in [2.45, 2.75) is 37.9 Å². The van der Waals surface area contributed by atoms with Crippen molar-refractivity contribution in [1.29, 1.82) is 0 Å². The number of rotatable bonds is 6. The van der Waals surface area contributed by atoms with E-state index >= 15 is 0 Å². The smallest absolute Gasteiger partial charge is 0.338 e.